The van der Waals surface area contributed by atoms with E-state index in [1.807, 2.05) is 6.92 Å². The minimum atomic E-state index is -0.333. The summed E-state index contributed by atoms with van der Waals surface area (Å²) in [7, 11) is 0. The van der Waals surface area contributed by atoms with Gasteiger partial charge < -0.3 is 15.8 Å². The summed E-state index contributed by atoms with van der Waals surface area (Å²) in [4.78, 5) is 11.5. The molecule has 0 saturated heterocycles. The lowest BCUT2D eigenvalue weighted by molar-refractivity contribution is -0.141. The van der Waals surface area contributed by atoms with E-state index >= 15 is 0 Å². The summed E-state index contributed by atoms with van der Waals surface area (Å²) < 4.78 is 5.61. The monoisotopic (exact) mass is 214 g/mol. The molecule has 0 radical (unpaired) electrons. The highest BCUT2D eigenvalue weighted by atomic mass is 16.5. The van der Waals surface area contributed by atoms with Crippen molar-refractivity contribution in [2.75, 3.05) is 13.1 Å². The van der Waals surface area contributed by atoms with E-state index in [1.165, 1.54) is 0 Å². The van der Waals surface area contributed by atoms with Crippen LogP contribution < -0.4 is 11.1 Å². The zero-order chi connectivity index (χ0) is 11.3. The molecule has 0 aromatic heterocycles. The number of ether oxygens (including phenoxy) is 1. The standard InChI is InChI=1S/C11H22N2O2/c1-3-4-13-11(14)8(2)15-10-5-9(6-10)7-12/h8-10H,3-7,12H2,1-2H3,(H,13,14). The molecule has 1 aliphatic rings. The quantitative estimate of drug-likeness (QED) is 0.682. The summed E-state index contributed by atoms with van der Waals surface area (Å²) in [5.74, 6) is 0.592. The second kappa shape index (κ2) is 6.08. The second-order valence-corrected chi connectivity index (χ2v) is 4.26. The number of carbonyl (C=O) groups excluding carboxylic acids is 1. The molecular formula is C11H22N2O2. The average Bonchev–Trinajstić information content (AvgIpc) is 2.18. The molecule has 1 saturated carbocycles. The van der Waals surface area contributed by atoms with Gasteiger partial charge in [0.25, 0.3) is 0 Å². The zero-order valence-corrected chi connectivity index (χ0v) is 9.66. The van der Waals surface area contributed by atoms with Crippen molar-refractivity contribution >= 4 is 5.91 Å². The van der Waals surface area contributed by atoms with Crippen LogP contribution >= 0.6 is 0 Å². The van der Waals surface area contributed by atoms with Crippen molar-refractivity contribution in [1.29, 1.82) is 0 Å². The number of nitrogens with two attached hydrogens (primary N) is 1. The molecular weight excluding hydrogens is 192 g/mol. The largest absolute Gasteiger partial charge is 0.365 e. The van der Waals surface area contributed by atoms with Crippen LogP contribution in [0.3, 0.4) is 0 Å². The van der Waals surface area contributed by atoms with Gasteiger partial charge in [-0.3, -0.25) is 4.79 Å². The third-order valence-corrected chi connectivity index (χ3v) is 2.84. The Hall–Kier alpha value is -0.610. The number of hydrogen-bond donors (Lipinski definition) is 2. The summed E-state index contributed by atoms with van der Waals surface area (Å²) in [6.07, 6.45) is 2.86. The molecule has 0 aromatic carbocycles. The fourth-order valence-electron chi connectivity index (χ4n) is 1.72. The average molecular weight is 214 g/mol. The smallest absolute Gasteiger partial charge is 0.248 e. The lowest BCUT2D eigenvalue weighted by atomic mass is 9.82. The predicted octanol–water partition coefficient (Wildman–Crippen LogP) is 0.655. The van der Waals surface area contributed by atoms with Crippen molar-refractivity contribution in [3.63, 3.8) is 0 Å². The van der Waals surface area contributed by atoms with E-state index in [1.54, 1.807) is 6.92 Å². The molecule has 3 N–H and O–H groups in total. The van der Waals surface area contributed by atoms with Crippen molar-refractivity contribution in [3.05, 3.63) is 0 Å². The van der Waals surface area contributed by atoms with E-state index < -0.39 is 0 Å². The van der Waals surface area contributed by atoms with Crippen LogP contribution in [0.1, 0.15) is 33.1 Å². The van der Waals surface area contributed by atoms with Crippen molar-refractivity contribution in [1.82, 2.24) is 5.32 Å². The van der Waals surface area contributed by atoms with Crippen LogP contribution in [0.25, 0.3) is 0 Å². The van der Waals surface area contributed by atoms with Crippen LogP contribution in [0, 0.1) is 5.92 Å². The molecule has 0 spiro atoms. The van der Waals surface area contributed by atoms with Gasteiger partial charge in [0.05, 0.1) is 6.10 Å². The summed E-state index contributed by atoms with van der Waals surface area (Å²) in [5.41, 5.74) is 5.52. The maximum absolute atomic E-state index is 11.5. The Kier molecular flexibility index (Phi) is 5.05. The molecule has 1 rings (SSSR count). The molecule has 1 unspecified atom stereocenters. The highest BCUT2D eigenvalue weighted by Gasteiger charge is 2.31. The van der Waals surface area contributed by atoms with Crippen LogP contribution in [0.15, 0.2) is 0 Å². The van der Waals surface area contributed by atoms with Gasteiger partial charge >= 0.3 is 0 Å². The van der Waals surface area contributed by atoms with E-state index in [9.17, 15) is 4.79 Å². The number of nitrogens with one attached hydrogen (secondary N) is 1. The summed E-state index contributed by atoms with van der Waals surface area (Å²) >= 11 is 0. The van der Waals surface area contributed by atoms with Crippen LogP contribution in [0.5, 0.6) is 0 Å². The van der Waals surface area contributed by atoms with Gasteiger partial charge in [0.2, 0.25) is 5.91 Å². The Bertz CT molecular complexity index is 203. The Morgan fingerprint density at radius 3 is 2.80 bits per heavy atom. The highest BCUT2D eigenvalue weighted by molar-refractivity contribution is 5.80. The molecule has 0 aliphatic heterocycles. The van der Waals surface area contributed by atoms with Gasteiger partial charge in [-0.25, -0.2) is 0 Å². The minimum Gasteiger partial charge on any atom is -0.365 e. The first kappa shape index (κ1) is 12.5. The lowest BCUT2D eigenvalue weighted by Gasteiger charge is -2.35. The van der Waals surface area contributed by atoms with Crippen molar-refractivity contribution in [2.45, 2.75) is 45.3 Å². The van der Waals surface area contributed by atoms with E-state index in [-0.39, 0.29) is 18.1 Å². The van der Waals surface area contributed by atoms with E-state index in [2.05, 4.69) is 5.32 Å². The SMILES string of the molecule is CCCNC(=O)C(C)OC1CC(CN)C1. The Morgan fingerprint density at radius 1 is 1.60 bits per heavy atom. The Morgan fingerprint density at radius 2 is 2.27 bits per heavy atom. The van der Waals surface area contributed by atoms with Gasteiger partial charge in [0, 0.05) is 6.54 Å². The fourth-order valence-corrected chi connectivity index (χ4v) is 1.72. The normalized spacial score (nSPS) is 26.9. The van der Waals surface area contributed by atoms with E-state index in [0.29, 0.717) is 5.92 Å². The number of amides is 1. The molecule has 4 nitrogen and oxygen atoms in total. The van der Waals surface area contributed by atoms with Gasteiger partial charge in [0.15, 0.2) is 0 Å². The van der Waals surface area contributed by atoms with Crippen LogP contribution in [0.2, 0.25) is 0 Å². The molecule has 88 valence electrons. The van der Waals surface area contributed by atoms with Gasteiger partial charge in [-0.05, 0) is 38.6 Å². The summed E-state index contributed by atoms with van der Waals surface area (Å²) in [5, 5.41) is 2.82. The van der Waals surface area contributed by atoms with Crippen LogP contribution in [0.4, 0.5) is 0 Å². The number of rotatable bonds is 6. The topological polar surface area (TPSA) is 64.3 Å². The third kappa shape index (κ3) is 3.80. The minimum absolute atomic E-state index is 0.00644. The molecule has 1 fully saturated rings. The first-order valence-corrected chi connectivity index (χ1v) is 5.80. The Labute approximate surface area is 91.5 Å². The van der Waals surface area contributed by atoms with Crippen LogP contribution in [-0.2, 0) is 9.53 Å². The van der Waals surface area contributed by atoms with Crippen molar-refractivity contribution in [2.24, 2.45) is 11.7 Å². The van der Waals surface area contributed by atoms with E-state index in [0.717, 1.165) is 32.4 Å². The lowest BCUT2D eigenvalue weighted by Crippen LogP contribution is -2.42. The summed E-state index contributed by atoms with van der Waals surface area (Å²) in [6.45, 7) is 5.29. The van der Waals surface area contributed by atoms with E-state index in [4.69, 9.17) is 10.5 Å². The van der Waals surface area contributed by atoms with Gasteiger partial charge in [0.1, 0.15) is 6.10 Å². The molecule has 15 heavy (non-hydrogen) atoms. The van der Waals surface area contributed by atoms with Crippen molar-refractivity contribution in [3.8, 4) is 0 Å². The van der Waals surface area contributed by atoms with Gasteiger partial charge in [-0.15, -0.1) is 0 Å². The summed E-state index contributed by atoms with van der Waals surface area (Å²) in [6, 6.07) is 0. The first-order chi connectivity index (χ1) is 7.17. The first-order valence-electron chi connectivity index (χ1n) is 5.80. The Balaban J connectivity index is 2.13. The van der Waals surface area contributed by atoms with Gasteiger partial charge in [-0.2, -0.15) is 0 Å². The maximum atomic E-state index is 11.5. The van der Waals surface area contributed by atoms with Crippen molar-refractivity contribution < 1.29 is 9.53 Å². The molecule has 1 aliphatic carbocycles. The van der Waals surface area contributed by atoms with Gasteiger partial charge in [-0.1, -0.05) is 6.92 Å². The second-order valence-electron chi connectivity index (χ2n) is 4.26. The van der Waals surface area contributed by atoms with Crippen LogP contribution in [-0.4, -0.2) is 31.2 Å². The molecule has 1 atom stereocenters. The number of hydrogen-bond acceptors (Lipinski definition) is 3. The molecule has 1 amide bonds. The maximum Gasteiger partial charge on any atom is 0.248 e. The number of carbonyl (C=O) groups is 1. The fraction of sp³-hybridized carbons (Fsp3) is 0.909. The molecule has 0 heterocycles. The highest BCUT2D eigenvalue weighted by Crippen LogP contribution is 2.29. The zero-order valence-electron chi connectivity index (χ0n) is 9.66. The third-order valence-electron chi connectivity index (χ3n) is 2.84. The molecule has 0 aromatic rings. The predicted molar refractivity (Wildman–Crippen MR) is 59.4 cm³/mol. The molecule has 4 heteroatoms. The molecule has 0 bridgehead atoms.